The Labute approximate surface area is 105 Å². The Kier molecular flexibility index (Phi) is 7.63. The average molecular weight is 243 g/mol. The second-order valence-electron chi connectivity index (χ2n) is 6.39. The summed E-state index contributed by atoms with van der Waals surface area (Å²) in [7, 11) is -1.08. The number of hydrogen-bond donors (Lipinski definition) is 0. The molecule has 0 unspecified atom stereocenters. The van der Waals surface area contributed by atoms with Crippen LogP contribution in [0.15, 0.2) is 0 Å². The van der Waals surface area contributed by atoms with Crippen molar-refractivity contribution in [3.05, 3.63) is 0 Å². The molecular formula is C15H34Si. The Morgan fingerprint density at radius 2 is 1.12 bits per heavy atom. The summed E-state index contributed by atoms with van der Waals surface area (Å²) >= 11 is 0. The quantitative estimate of drug-likeness (QED) is 0.349. The molecule has 0 saturated heterocycles. The van der Waals surface area contributed by atoms with E-state index in [4.69, 9.17) is 0 Å². The van der Waals surface area contributed by atoms with Gasteiger partial charge in [0, 0.05) is 0 Å². The van der Waals surface area contributed by atoms with Crippen molar-refractivity contribution in [3.63, 3.8) is 0 Å². The number of unbranched alkanes of at least 4 members (excludes halogenated alkanes) is 3. The first-order chi connectivity index (χ1) is 7.39. The van der Waals surface area contributed by atoms with Crippen molar-refractivity contribution in [1.29, 1.82) is 0 Å². The van der Waals surface area contributed by atoms with Gasteiger partial charge in [0.1, 0.15) is 0 Å². The van der Waals surface area contributed by atoms with Gasteiger partial charge in [-0.3, -0.25) is 0 Å². The molecule has 0 radical (unpaired) electrons. The van der Waals surface area contributed by atoms with Crippen molar-refractivity contribution in [1.82, 2.24) is 0 Å². The third-order valence-corrected chi connectivity index (χ3v) is 12.4. The summed E-state index contributed by atoms with van der Waals surface area (Å²) in [6.45, 7) is 17.2. The van der Waals surface area contributed by atoms with Crippen molar-refractivity contribution in [2.45, 2.75) is 96.8 Å². The monoisotopic (exact) mass is 242 g/mol. The van der Waals surface area contributed by atoms with Gasteiger partial charge in [-0.15, -0.1) is 0 Å². The Morgan fingerprint density at radius 1 is 0.688 bits per heavy atom. The molecule has 0 nitrogen and oxygen atoms in total. The molecule has 0 bridgehead atoms. The molecule has 0 aromatic heterocycles. The molecule has 0 aliphatic rings. The highest BCUT2D eigenvalue weighted by Crippen LogP contribution is 2.45. The largest absolute Gasteiger partial charge is 0.0654 e. The van der Waals surface area contributed by atoms with Crippen LogP contribution in [0.25, 0.3) is 0 Å². The zero-order chi connectivity index (χ0) is 12.8. The SMILES string of the molecule is CCCCCC[Si](C(C)C)(C(C)C)C(C)C. The van der Waals surface area contributed by atoms with Crippen LogP contribution in [-0.2, 0) is 0 Å². The van der Waals surface area contributed by atoms with E-state index in [0.29, 0.717) is 0 Å². The lowest BCUT2D eigenvalue weighted by molar-refractivity contribution is 0.677. The maximum absolute atomic E-state index is 2.48. The van der Waals surface area contributed by atoms with Gasteiger partial charge >= 0.3 is 0 Å². The topological polar surface area (TPSA) is 0 Å². The fourth-order valence-corrected chi connectivity index (χ4v) is 10.3. The highest BCUT2D eigenvalue weighted by molar-refractivity contribution is 6.83. The van der Waals surface area contributed by atoms with Crippen LogP contribution in [0.2, 0.25) is 22.7 Å². The first-order valence-corrected chi connectivity index (χ1v) is 9.83. The van der Waals surface area contributed by atoms with E-state index >= 15 is 0 Å². The Hall–Kier alpha value is 0.217. The minimum atomic E-state index is -1.08. The van der Waals surface area contributed by atoms with Gasteiger partial charge in [-0.25, -0.2) is 0 Å². The van der Waals surface area contributed by atoms with Gasteiger partial charge in [0.2, 0.25) is 0 Å². The van der Waals surface area contributed by atoms with E-state index in [2.05, 4.69) is 48.5 Å². The maximum Gasteiger partial charge on any atom is 0.0612 e. The van der Waals surface area contributed by atoms with Crippen LogP contribution >= 0.6 is 0 Å². The molecule has 0 heterocycles. The Morgan fingerprint density at radius 3 is 1.44 bits per heavy atom. The minimum Gasteiger partial charge on any atom is -0.0654 e. The van der Waals surface area contributed by atoms with E-state index in [0.717, 1.165) is 16.6 Å². The molecule has 0 fully saturated rings. The molecule has 1 heteroatoms. The molecule has 0 aliphatic carbocycles. The lowest BCUT2D eigenvalue weighted by Crippen LogP contribution is -2.44. The third kappa shape index (κ3) is 3.91. The first-order valence-electron chi connectivity index (χ1n) is 7.39. The van der Waals surface area contributed by atoms with E-state index in [1.54, 1.807) is 6.04 Å². The smallest absolute Gasteiger partial charge is 0.0612 e. The molecule has 0 spiro atoms. The van der Waals surface area contributed by atoms with Crippen LogP contribution in [0.4, 0.5) is 0 Å². The summed E-state index contributed by atoms with van der Waals surface area (Å²) < 4.78 is 0. The predicted molar refractivity (Wildman–Crippen MR) is 80.0 cm³/mol. The molecule has 0 aromatic rings. The summed E-state index contributed by atoms with van der Waals surface area (Å²) in [5.74, 6) is 0. The van der Waals surface area contributed by atoms with Gasteiger partial charge in [0.25, 0.3) is 0 Å². The standard InChI is InChI=1S/C15H34Si/c1-8-9-10-11-12-16(13(2)3,14(4)5)15(6)7/h13-15H,8-12H2,1-7H3. The van der Waals surface area contributed by atoms with Crippen molar-refractivity contribution in [2.75, 3.05) is 0 Å². The normalized spacial score (nSPS) is 13.1. The zero-order valence-corrected chi connectivity index (χ0v) is 13.8. The van der Waals surface area contributed by atoms with Crippen LogP contribution in [0, 0.1) is 0 Å². The van der Waals surface area contributed by atoms with Crippen LogP contribution in [0.5, 0.6) is 0 Å². The molecule has 0 rings (SSSR count). The fourth-order valence-electron chi connectivity index (χ4n) is 3.72. The van der Waals surface area contributed by atoms with Gasteiger partial charge in [-0.2, -0.15) is 0 Å². The molecule has 0 N–H and O–H groups in total. The number of hydrogen-bond acceptors (Lipinski definition) is 0. The van der Waals surface area contributed by atoms with Gasteiger partial charge in [0.15, 0.2) is 0 Å². The van der Waals surface area contributed by atoms with Gasteiger partial charge in [-0.1, -0.05) is 96.8 Å². The fraction of sp³-hybridized carbons (Fsp3) is 1.00. The lowest BCUT2D eigenvalue weighted by Gasteiger charge is -2.43. The highest BCUT2D eigenvalue weighted by atomic mass is 28.3. The highest BCUT2D eigenvalue weighted by Gasteiger charge is 2.41. The molecule has 98 valence electrons. The van der Waals surface area contributed by atoms with E-state index in [-0.39, 0.29) is 0 Å². The van der Waals surface area contributed by atoms with Gasteiger partial charge in [0.05, 0.1) is 8.07 Å². The van der Waals surface area contributed by atoms with Crippen LogP contribution < -0.4 is 0 Å². The second kappa shape index (κ2) is 7.52. The number of rotatable bonds is 8. The van der Waals surface area contributed by atoms with E-state index in [1.807, 2.05) is 0 Å². The van der Waals surface area contributed by atoms with Crippen LogP contribution in [0.3, 0.4) is 0 Å². The first kappa shape index (κ1) is 16.2. The second-order valence-corrected chi connectivity index (χ2v) is 12.6. The van der Waals surface area contributed by atoms with E-state index in [9.17, 15) is 0 Å². The van der Waals surface area contributed by atoms with Crippen LogP contribution in [0.1, 0.15) is 74.1 Å². The maximum atomic E-state index is 2.48. The Bertz CT molecular complexity index is 148. The van der Waals surface area contributed by atoms with Gasteiger partial charge in [-0.05, 0) is 0 Å². The van der Waals surface area contributed by atoms with Crippen molar-refractivity contribution < 1.29 is 0 Å². The summed E-state index contributed by atoms with van der Waals surface area (Å²) in [5.41, 5.74) is 2.82. The Balaban J connectivity index is 4.52. The summed E-state index contributed by atoms with van der Waals surface area (Å²) in [6.07, 6.45) is 5.73. The van der Waals surface area contributed by atoms with Gasteiger partial charge < -0.3 is 0 Å². The van der Waals surface area contributed by atoms with Crippen molar-refractivity contribution >= 4 is 8.07 Å². The van der Waals surface area contributed by atoms with E-state index in [1.165, 1.54) is 25.7 Å². The van der Waals surface area contributed by atoms with Crippen molar-refractivity contribution in [3.8, 4) is 0 Å². The third-order valence-electron chi connectivity index (χ3n) is 4.69. The predicted octanol–water partition coefficient (Wildman–Crippen LogP) is 6.25. The molecule has 0 atom stereocenters. The molecule has 0 aromatic carbocycles. The van der Waals surface area contributed by atoms with Crippen LogP contribution in [-0.4, -0.2) is 8.07 Å². The molecule has 0 aliphatic heterocycles. The zero-order valence-electron chi connectivity index (χ0n) is 12.8. The summed E-state index contributed by atoms with van der Waals surface area (Å²) in [4.78, 5) is 0. The summed E-state index contributed by atoms with van der Waals surface area (Å²) in [6, 6.07) is 1.56. The average Bonchev–Trinajstić information content (AvgIpc) is 2.16. The molecular weight excluding hydrogens is 208 g/mol. The lowest BCUT2D eigenvalue weighted by atomic mass is 10.2. The molecule has 0 amide bonds. The minimum absolute atomic E-state index is 0.939. The van der Waals surface area contributed by atoms with Crippen molar-refractivity contribution in [2.24, 2.45) is 0 Å². The molecule has 16 heavy (non-hydrogen) atoms. The van der Waals surface area contributed by atoms with E-state index < -0.39 is 8.07 Å². The summed E-state index contributed by atoms with van der Waals surface area (Å²) in [5, 5.41) is 0. The molecule has 0 saturated carbocycles.